The highest BCUT2D eigenvalue weighted by Gasteiger charge is 2.14. The number of hydrogen-bond donors (Lipinski definition) is 1. The van der Waals surface area contributed by atoms with Crippen LogP contribution in [-0.4, -0.2) is 9.91 Å². The van der Waals surface area contributed by atoms with Gasteiger partial charge >= 0.3 is 0 Å². The van der Waals surface area contributed by atoms with Crippen LogP contribution in [0.25, 0.3) is 0 Å². The molecular weight excluding hydrogens is 322 g/mol. The molecule has 0 radical (unpaired) electrons. The van der Waals surface area contributed by atoms with E-state index in [1.807, 2.05) is 12.1 Å². The van der Waals surface area contributed by atoms with Crippen LogP contribution >= 0.6 is 15.9 Å². The molecule has 0 aliphatic carbocycles. The van der Waals surface area contributed by atoms with Gasteiger partial charge in [-0.05, 0) is 30.2 Å². The van der Waals surface area contributed by atoms with Gasteiger partial charge in [0, 0.05) is 16.7 Å². The van der Waals surface area contributed by atoms with Gasteiger partial charge in [0.05, 0.1) is 17.2 Å². The molecule has 1 aromatic heterocycles. The van der Waals surface area contributed by atoms with E-state index in [4.69, 9.17) is 0 Å². The van der Waals surface area contributed by atoms with Gasteiger partial charge in [-0.1, -0.05) is 28.9 Å². The van der Waals surface area contributed by atoms with Crippen molar-refractivity contribution in [3.8, 4) is 0 Å². The molecule has 5 nitrogen and oxygen atoms in total. The molecule has 1 heterocycles. The van der Waals surface area contributed by atoms with Crippen LogP contribution in [0.1, 0.15) is 18.2 Å². The minimum atomic E-state index is -0.395. The topological polar surface area (TPSA) is 68.1 Å². The van der Waals surface area contributed by atoms with Crippen molar-refractivity contribution < 1.29 is 4.92 Å². The third-order valence-corrected chi connectivity index (χ3v) is 3.46. The molecule has 0 saturated carbocycles. The van der Waals surface area contributed by atoms with Crippen molar-refractivity contribution in [3.05, 3.63) is 62.4 Å². The molecule has 104 valence electrons. The number of nitrogens with zero attached hydrogens (tertiary/aromatic N) is 2. The molecule has 0 aliphatic heterocycles. The third kappa shape index (κ3) is 3.33. The summed E-state index contributed by atoms with van der Waals surface area (Å²) in [5.74, 6) is 0. The fraction of sp³-hybridized carbons (Fsp3) is 0.214. The number of aryl methyl sites for hydroxylation is 1. The van der Waals surface area contributed by atoms with Gasteiger partial charge in [-0.25, -0.2) is 0 Å². The largest absolute Gasteiger partial charge is 0.374 e. The molecule has 1 aromatic carbocycles. The zero-order valence-electron chi connectivity index (χ0n) is 11.0. The van der Waals surface area contributed by atoms with E-state index in [1.165, 1.54) is 6.07 Å². The van der Waals surface area contributed by atoms with Gasteiger partial charge < -0.3 is 5.32 Å². The summed E-state index contributed by atoms with van der Waals surface area (Å²) in [4.78, 5) is 14.9. The van der Waals surface area contributed by atoms with Crippen LogP contribution in [0.4, 0.5) is 11.4 Å². The van der Waals surface area contributed by atoms with E-state index in [-0.39, 0.29) is 5.69 Å². The number of nitro benzene ring substituents is 1. The summed E-state index contributed by atoms with van der Waals surface area (Å²) >= 11 is 3.32. The number of nitro groups is 1. The zero-order chi connectivity index (χ0) is 14.5. The molecular formula is C14H14BrN3O2. The Labute approximate surface area is 125 Å². The molecule has 0 spiro atoms. The molecule has 0 aliphatic rings. The lowest BCUT2D eigenvalue weighted by Gasteiger charge is -2.10. The van der Waals surface area contributed by atoms with Gasteiger partial charge in [-0.2, -0.15) is 0 Å². The monoisotopic (exact) mass is 335 g/mol. The number of nitrogens with one attached hydrogen (secondary N) is 1. The van der Waals surface area contributed by atoms with Gasteiger partial charge in [-0.3, -0.25) is 15.1 Å². The summed E-state index contributed by atoms with van der Waals surface area (Å²) in [6.45, 7) is 2.52. The molecule has 0 atom stereocenters. The van der Waals surface area contributed by atoms with Crippen molar-refractivity contribution in [2.24, 2.45) is 0 Å². The molecule has 20 heavy (non-hydrogen) atoms. The maximum atomic E-state index is 11.0. The van der Waals surface area contributed by atoms with Crippen molar-refractivity contribution in [1.29, 1.82) is 0 Å². The van der Waals surface area contributed by atoms with E-state index < -0.39 is 4.92 Å². The summed E-state index contributed by atoms with van der Waals surface area (Å²) in [6.07, 6.45) is 2.61. The van der Waals surface area contributed by atoms with Crippen LogP contribution < -0.4 is 5.32 Å². The summed E-state index contributed by atoms with van der Waals surface area (Å²) in [6, 6.07) is 8.74. The number of benzene rings is 1. The molecule has 0 bridgehead atoms. The number of halogens is 1. The number of aromatic nitrogens is 1. The lowest BCUT2D eigenvalue weighted by molar-refractivity contribution is -0.384. The second kappa shape index (κ2) is 6.47. The number of rotatable bonds is 5. The first-order valence-electron chi connectivity index (χ1n) is 6.22. The summed E-state index contributed by atoms with van der Waals surface area (Å²) < 4.78 is 0.794. The van der Waals surface area contributed by atoms with Crippen molar-refractivity contribution in [1.82, 2.24) is 4.98 Å². The molecule has 6 heteroatoms. The van der Waals surface area contributed by atoms with Gasteiger partial charge in [0.1, 0.15) is 5.69 Å². The molecule has 2 aromatic rings. The standard InChI is InChI=1S/C14H14BrN3O2/c1-2-10-4-3-7-16-13(10)9-17-12-8-11(15)5-6-14(12)18(19)20/h3-8,17H,2,9H2,1H3. The Morgan fingerprint density at radius 1 is 1.40 bits per heavy atom. The van der Waals surface area contributed by atoms with Crippen LogP contribution in [0.2, 0.25) is 0 Å². The van der Waals surface area contributed by atoms with Crippen molar-refractivity contribution >= 4 is 27.3 Å². The minimum Gasteiger partial charge on any atom is -0.374 e. The first-order chi connectivity index (χ1) is 9.61. The van der Waals surface area contributed by atoms with Crippen molar-refractivity contribution in [2.75, 3.05) is 5.32 Å². The second-order valence-electron chi connectivity index (χ2n) is 4.23. The van der Waals surface area contributed by atoms with E-state index in [0.717, 1.165) is 22.2 Å². The van der Waals surface area contributed by atoms with E-state index in [0.29, 0.717) is 12.2 Å². The lowest BCUT2D eigenvalue weighted by Crippen LogP contribution is -2.06. The Morgan fingerprint density at radius 2 is 2.20 bits per heavy atom. The maximum Gasteiger partial charge on any atom is 0.292 e. The zero-order valence-corrected chi connectivity index (χ0v) is 12.6. The highest BCUT2D eigenvalue weighted by Crippen LogP contribution is 2.28. The predicted octanol–water partition coefficient (Wildman–Crippen LogP) is 3.93. The quantitative estimate of drug-likeness (QED) is 0.664. The predicted molar refractivity (Wildman–Crippen MR) is 81.7 cm³/mol. The first-order valence-corrected chi connectivity index (χ1v) is 7.01. The Kier molecular flexibility index (Phi) is 4.68. The average Bonchev–Trinajstić information content (AvgIpc) is 2.45. The number of hydrogen-bond acceptors (Lipinski definition) is 4. The average molecular weight is 336 g/mol. The Balaban J connectivity index is 2.22. The van der Waals surface area contributed by atoms with E-state index in [1.54, 1.807) is 18.3 Å². The van der Waals surface area contributed by atoms with E-state index in [9.17, 15) is 10.1 Å². The molecule has 0 unspecified atom stereocenters. The number of anilines is 1. The van der Waals surface area contributed by atoms with Gasteiger partial charge in [0.25, 0.3) is 5.69 Å². The maximum absolute atomic E-state index is 11.0. The van der Waals surface area contributed by atoms with Crippen LogP contribution in [0, 0.1) is 10.1 Å². The van der Waals surface area contributed by atoms with Crippen LogP contribution in [0.3, 0.4) is 0 Å². The highest BCUT2D eigenvalue weighted by molar-refractivity contribution is 9.10. The van der Waals surface area contributed by atoms with Crippen LogP contribution in [-0.2, 0) is 13.0 Å². The molecule has 0 amide bonds. The fourth-order valence-electron chi connectivity index (χ4n) is 1.94. The van der Waals surface area contributed by atoms with Gasteiger partial charge in [-0.15, -0.1) is 0 Å². The van der Waals surface area contributed by atoms with Gasteiger partial charge in [0.15, 0.2) is 0 Å². The molecule has 0 saturated heterocycles. The minimum absolute atomic E-state index is 0.0576. The first kappa shape index (κ1) is 14.5. The lowest BCUT2D eigenvalue weighted by atomic mass is 10.1. The van der Waals surface area contributed by atoms with Crippen molar-refractivity contribution in [2.45, 2.75) is 19.9 Å². The van der Waals surface area contributed by atoms with E-state index >= 15 is 0 Å². The summed E-state index contributed by atoms with van der Waals surface area (Å²) in [7, 11) is 0. The van der Waals surface area contributed by atoms with Crippen molar-refractivity contribution in [3.63, 3.8) is 0 Å². The smallest absolute Gasteiger partial charge is 0.292 e. The van der Waals surface area contributed by atoms with Gasteiger partial charge in [0.2, 0.25) is 0 Å². The Hall–Kier alpha value is -1.95. The summed E-state index contributed by atoms with van der Waals surface area (Å²) in [5.41, 5.74) is 2.58. The van der Waals surface area contributed by atoms with E-state index in [2.05, 4.69) is 33.2 Å². The number of pyridine rings is 1. The SMILES string of the molecule is CCc1cccnc1CNc1cc(Br)ccc1[N+](=O)[O-]. The third-order valence-electron chi connectivity index (χ3n) is 2.97. The highest BCUT2D eigenvalue weighted by atomic mass is 79.9. The van der Waals surface area contributed by atoms with Crippen LogP contribution in [0.5, 0.6) is 0 Å². The Morgan fingerprint density at radius 3 is 2.90 bits per heavy atom. The second-order valence-corrected chi connectivity index (χ2v) is 5.15. The molecule has 2 rings (SSSR count). The fourth-order valence-corrected chi connectivity index (χ4v) is 2.30. The molecule has 0 fully saturated rings. The Bertz CT molecular complexity index is 632. The summed E-state index contributed by atoms with van der Waals surface area (Å²) in [5, 5.41) is 14.1. The van der Waals surface area contributed by atoms with Crippen LogP contribution in [0.15, 0.2) is 41.0 Å². The normalized spacial score (nSPS) is 10.3. The molecule has 1 N–H and O–H groups in total.